The highest BCUT2D eigenvalue weighted by atomic mass is 28.4. The van der Waals surface area contributed by atoms with Gasteiger partial charge in [-0.05, 0) is 23.7 Å². The number of hydroxylamine groups is 2. The van der Waals surface area contributed by atoms with Crippen LogP contribution >= 0.6 is 0 Å². The SMILES string of the molecule is CC(C)(C)[Si](C)(C)OC[C@H]1CN([C@@H](CO)c2ccccc2)O[C@H]1CO. The van der Waals surface area contributed by atoms with E-state index in [1.165, 1.54) is 0 Å². The molecule has 1 aromatic carbocycles. The lowest BCUT2D eigenvalue weighted by Crippen LogP contribution is -2.43. The van der Waals surface area contributed by atoms with Gasteiger partial charge in [0.2, 0.25) is 0 Å². The van der Waals surface area contributed by atoms with Crippen LogP contribution in [0.1, 0.15) is 32.4 Å². The third-order valence-corrected chi connectivity index (χ3v) is 10.1. The summed E-state index contributed by atoms with van der Waals surface area (Å²) in [6.07, 6.45) is -0.289. The van der Waals surface area contributed by atoms with Crippen LogP contribution in [0.3, 0.4) is 0 Å². The molecule has 1 aromatic rings. The maximum atomic E-state index is 9.84. The zero-order valence-electron chi connectivity index (χ0n) is 16.1. The Morgan fingerprint density at radius 2 is 1.88 bits per heavy atom. The van der Waals surface area contributed by atoms with E-state index >= 15 is 0 Å². The Bertz CT molecular complexity index is 532. The Morgan fingerprint density at radius 1 is 1.24 bits per heavy atom. The smallest absolute Gasteiger partial charge is 0.191 e. The van der Waals surface area contributed by atoms with Gasteiger partial charge < -0.3 is 14.6 Å². The van der Waals surface area contributed by atoms with E-state index in [2.05, 4.69) is 33.9 Å². The van der Waals surface area contributed by atoms with Crippen molar-refractivity contribution in [3.63, 3.8) is 0 Å². The molecule has 1 aliphatic heterocycles. The van der Waals surface area contributed by atoms with Crippen LogP contribution in [-0.2, 0) is 9.26 Å². The molecule has 0 radical (unpaired) electrons. The number of rotatable bonds is 7. The molecule has 1 saturated heterocycles. The molecule has 6 heteroatoms. The minimum Gasteiger partial charge on any atom is -0.416 e. The Kier molecular flexibility index (Phi) is 6.81. The average Bonchev–Trinajstić information content (AvgIpc) is 2.97. The third kappa shape index (κ3) is 4.90. The molecule has 0 amide bonds. The van der Waals surface area contributed by atoms with Gasteiger partial charge in [0.15, 0.2) is 8.32 Å². The number of aliphatic hydroxyl groups is 2. The van der Waals surface area contributed by atoms with Crippen LogP contribution in [0, 0.1) is 5.92 Å². The summed E-state index contributed by atoms with van der Waals surface area (Å²) in [5.74, 6) is 0.0943. The molecule has 3 atom stereocenters. The van der Waals surface area contributed by atoms with Crippen molar-refractivity contribution in [3.05, 3.63) is 35.9 Å². The van der Waals surface area contributed by atoms with Crippen LogP contribution in [0.15, 0.2) is 30.3 Å². The largest absolute Gasteiger partial charge is 0.416 e. The summed E-state index contributed by atoms with van der Waals surface area (Å²) in [5, 5.41) is 21.5. The van der Waals surface area contributed by atoms with Gasteiger partial charge in [0.25, 0.3) is 0 Å². The molecule has 1 fully saturated rings. The van der Waals surface area contributed by atoms with Crippen molar-refractivity contribution in [3.8, 4) is 0 Å². The number of nitrogens with zero attached hydrogens (tertiary/aromatic N) is 1. The molecule has 0 aromatic heterocycles. The Labute approximate surface area is 152 Å². The second kappa shape index (κ2) is 8.29. The van der Waals surface area contributed by atoms with Gasteiger partial charge in [-0.2, -0.15) is 5.06 Å². The van der Waals surface area contributed by atoms with E-state index < -0.39 is 8.32 Å². The van der Waals surface area contributed by atoms with Crippen LogP contribution < -0.4 is 0 Å². The van der Waals surface area contributed by atoms with Crippen LogP contribution in [0.4, 0.5) is 0 Å². The lowest BCUT2D eigenvalue weighted by Gasteiger charge is -2.37. The van der Waals surface area contributed by atoms with E-state index in [0.717, 1.165) is 5.56 Å². The van der Waals surface area contributed by atoms with Crippen LogP contribution in [-0.4, -0.2) is 56.1 Å². The van der Waals surface area contributed by atoms with E-state index in [-0.39, 0.29) is 36.3 Å². The topological polar surface area (TPSA) is 62.2 Å². The third-order valence-electron chi connectivity index (χ3n) is 5.56. The summed E-state index contributed by atoms with van der Waals surface area (Å²) in [5.41, 5.74) is 1.01. The van der Waals surface area contributed by atoms with Gasteiger partial charge in [-0.1, -0.05) is 51.1 Å². The summed E-state index contributed by atoms with van der Waals surface area (Å²) in [6.45, 7) is 12.3. The predicted molar refractivity (Wildman–Crippen MR) is 102 cm³/mol. The molecule has 1 aliphatic rings. The van der Waals surface area contributed by atoms with Crippen LogP contribution in [0.2, 0.25) is 18.1 Å². The van der Waals surface area contributed by atoms with E-state index in [4.69, 9.17) is 9.26 Å². The second-order valence-electron chi connectivity index (χ2n) is 8.37. The number of hydrogen-bond donors (Lipinski definition) is 2. The lowest BCUT2D eigenvalue weighted by molar-refractivity contribution is -0.190. The number of benzene rings is 1. The molecule has 0 bridgehead atoms. The highest BCUT2D eigenvalue weighted by molar-refractivity contribution is 6.74. The van der Waals surface area contributed by atoms with Crippen molar-refractivity contribution in [2.24, 2.45) is 5.92 Å². The minimum absolute atomic E-state index is 0.0298. The fourth-order valence-electron chi connectivity index (χ4n) is 2.76. The molecule has 142 valence electrons. The fraction of sp³-hybridized carbons (Fsp3) is 0.684. The zero-order chi connectivity index (χ0) is 18.7. The van der Waals surface area contributed by atoms with E-state index in [1.54, 1.807) is 5.06 Å². The standard InChI is InChI=1S/C19H33NO4Si/c1-19(2,3)25(4,5)23-14-16-11-20(24-18(16)13-22)17(12-21)15-9-7-6-8-10-15/h6-10,16-18,21-22H,11-14H2,1-5H3/t16-,17+,18+/m1/s1. The molecular formula is C19H33NO4Si. The molecular weight excluding hydrogens is 334 g/mol. The summed E-state index contributed by atoms with van der Waals surface area (Å²) in [7, 11) is -1.84. The van der Waals surface area contributed by atoms with Crippen LogP contribution in [0.5, 0.6) is 0 Å². The normalized spacial score (nSPS) is 23.8. The molecule has 2 N–H and O–H groups in total. The maximum Gasteiger partial charge on any atom is 0.191 e. The van der Waals surface area contributed by atoms with Crippen molar-refractivity contribution in [1.29, 1.82) is 0 Å². The Hall–Kier alpha value is -0.763. The summed E-state index contributed by atoms with van der Waals surface area (Å²) < 4.78 is 6.34. The number of aliphatic hydroxyl groups excluding tert-OH is 2. The van der Waals surface area contributed by atoms with E-state index in [1.807, 2.05) is 30.3 Å². The summed E-state index contributed by atoms with van der Waals surface area (Å²) in [4.78, 5) is 5.94. The quantitative estimate of drug-likeness (QED) is 0.726. The minimum atomic E-state index is -1.84. The van der Waals surface area contributed by atoms with Gasteiger partial charge in [-0.3, -0.25) is 4.84 Å². The fourth-order valence-corrected chi connectivity index (χ4v) is 3.83. The first-order valence-corrected chi connectivity index (χ1v) is 11.9. The highest BCUT2D eigenvalue weighted by Crippen LogP contribution is 2.38. The van der Waals surface area contributed by atoms with Gasteiger partial charge in [-0.15, -0.1) is 0 Å². The van der Waals surface area contributed by atoms with Crippen molar-refractivity contribution < 1.29 is 19.5 Å². The molecule has 0 unspecified atom stereocenters. The lowest BCUT2D eigenvalue weighted by atomic mass is 10.0. The summed E-state index contributed by atoms with van der Waals surface area (Å²) >= 11 is 0. The molecule has 0 spiro atoms. The number of hydrogen-bond acceptors (Lipinski definition) is 5. The van der Waals surface area contributed by atoms with Gasteiger partial charge in [0.05, 0.1) is 19.3 Å². The first-order valence-electron chi connectivity index (χ1n) is 9.03. The zero-order valence-corrected chi connectivity index (χ0v) is 17.1. The monoisotopic (exact) mass is 367 g/mol. The van der Waals surface area contributed by atoms with Crippen molar-refractivity contribution in [2.75, 3.05) is 26.4 Å². The average molecular weight is 368 g/mol. The van der Waals surface area contributed by atoms with Gasteiger partial charge in [0.1, 0.15) is 6.10 Å². The van der Waals surface area contributed by atoms with Gasteiger partial charge >= 0.3 is 0 Å². The Morgan fingerprint density at radius 3 is 2.40 bits per heavy atom. The molecule has 2 rings (SSSR count). The van der Waals surface area contributed by atoms with E-state index in [0.29, 0.717) is 13.2 Å². The van der Waals surface area contributed by atoms with Crippen molar-refractivity contribution in [2.45, 2.75) is 51.0 Å². The molecule has 0 saturated carbocycles. The molecule has 5 nitrogen and oxygen atoms in total. The highest BCUT2D eigenvalue weighted by Gasteiger charge is 2.42. The first-order chi connectivity index (χ1) is 11.7. The van der Waals surface area contributed by atoms with E-state index in [9.17, 15) is 10.2 Å². The van der Waals surface area contributed by atoms with Gasteiger partial charge in [-0.25, -0.2) is 0 Å². The van der Waals surface area contributed by atoms with Crippen molar-refractivity contribution in [1.82, 2.24) is 5.06 Å². The Balaban J connectivity index is 2.04. The predicted octanol–water partition coefficient (Wildman–Crippen LogP) is 2.97. The molecule has 25 heavy (non-hydrogen) atoms. The maximum absolute atomic E-state index is 9.84. The van der Waals surface area contributed by atoms with Crippen LogP contribution in [0.25, 0.3) is 0 Å². The second-order valence-corrected chi connectivity index (χ2v) is 13.2. The molecule has 1 heterocycles. The van der Waals surface area contributed by atoms with Gasteiger partial charge in [0, 0.05) is 19.1 Å². The first kappa shape index (κ1) is 20.5. The molecule has 0 aliphatic carbocycles. The summed E-state index contributed by atoms with van der Waals surface area (Å²) in [6, 6.07) is 9.60. The van der Waals surface area contributed by atoms with Crippen molar-refractivity contribution >= 4 is 8.32 Å².